The van der Waals surface area contributed by atoms with Crippen molar-refractivity contribution in [2.45, 2.75) is 82.5 Å². The summed E-state index contributed by atoms with van der Waals surface area (Å²) >= 11 is 0. The molecule has 0 heterocycles. The topological polar surface area (TPSA) is 41.6 Å². The maximum atomic E-state index is 13.6. The fourth-order valence-electron chi connectivity index (χ4n) is 4.51. The molecule has 0 aromatic heterocycles. The summed E-state index contributed by atoms with van der Waals surface area (Å²) in [7, 11) is 3.98. The highest BCUT2D eigenvalue weighted by atomic mass is 31.0. The van der Waals surface area contributed by atoms with E-state index in [0.29, 0.717) is 23.1 Å². The van der Waals surface area contributed by atoms with Gasteiger partial charge in [0.25, 0.3) is 11.8 Å². The highest BCUT2D eigenvalue weighted by Crippen LogP contribution is 2.40. The van der Waals surface area contributed by atoms with Crippen LogP contribution in [0.2, 0.25) is 0 Å². The predicted octanol–water partition coefficient (Wildman–Crippen LogP) is 5.87. The Bertz CT molecular complexity index is 767. The summed E-state index contributed by atoms with van der Waals surface area (Å²) in [6.45, 7) is 3.02. The van der Waals surface area contributed by atoms with E-state index in [1.54, 1.807) is 31.3 Å². The molecule has 1 N–H and O–H groups in total. The molecule has 2 aliphatic rings. The quantitative estimate of drug-likeness (QED) is 0.290. The number of carbonyl (C=O) groups is 1. The van der Waals surface area contributed by atoms with Gasteiger partial charge >= 0.3 is 0 Å². The van der Waals surface area contributed by atoms with Gasteiger partial charge in [0.2, 0.25) is 0 Å². The van der Waals surface area contributed by atoms with Crippen LogP contribution in [0.3, 0.4) is 0 Å². The fourth-order valence-corrected chi connectivity index (χ4v) is 4.73. The predicted molar refractivity (Wildman–Crippen MR) is 123 cm³/mol. The van der Waals surface area contributed by atoms with Gasteiger partial charge < -0.3 is 9.74 Å². The smallest absolute Gasteiger partial charge is 0.255 e. The van der Waals surface area contributed by atoms with Crippen molar-refractivity contribution in [2.24, 2.45) is 5.92 Å². The van der Waals surface area contributed by atoms with E-state index >= 15 is 0 Å². The number of amides is 1. The molecule has 0 aliphatic heterocycles. The third-order valence-corrected chi connectivity index (χ3v) is 7.33. The molecule has 0 radical (unpaired) electrons. The lowest BCUT2D eigenvalue weighted by Crippen LogP contribution is -2.44. The van der Waals surface area contributed by atoms with E-state index in [4.69, 9.17) is 4.84 Å². The van der Waals surface area contributed by atoms with Gasteiger partial charge in [-0.05, 0) is 68.7 Å². The van der Waals surface area contributed by atoms with E-state index in [1.807, 2.05) is 0 Å². The lowest BCUT2D eigenvalue weighted by molar-refractivity contribution is 0.0189. The van der Waals surface area contributed by atoms with Crippen LogP contribution < -0.4 is 5.48 Å². The molecule has 2 unspecified atom stereocenters. The van der Waals surface area contributed by atoms with Crippen molar-refractivity contribution in [3.63, 3.8) is 0 Å². The van der Waals surface area contributed by atoms with Gasteiger partial charge in [-0.2, -0.15) is 5.48 Å². The van der Waals surface area contributed by atoms with Crippen molar-refractivity contribution in [2.75, 3.05) is 7.05 Å². The molecule has 1 aromatic carbocycles. The summed E-state index contributed by atoms with van der Waals surface area (Å²) < 4.78 is 27.2. The molecule has 0 bridgehead atoms. The summed E-state index contributed by atoms with van der Waals surface area (Å²) in [6.07, 6.45) is 9.05. The van der Waals surface area contributed by atoms with E-state index < -0.39 is 11.6 Å². The zero-order chi connectivity index (χ0) is 22.6. The summed E-state index contributed by atoms with van der Waals surface area (Å²) in [5.74, 6) is -1.41. The van der Waals surface area contributed by atoms with Crippen LogP contribution in [0.25, 0.3) is 0 Å². The van der Waals surface area contributed by atoms with Crippen molar-refractivity contribution >= 4 is 15.1 Å². The number of nitrogens with one attached hydrogen (secondary N) is 1. The Morgan fingerprint density at radius 2 is 1.74 bits per heavy atom. The van der Waals surface area contributed by atoms with E-state index in [1.165, 1.54) is 0 Å². The highest BCUT2D eigenvalue weighted by molar-refractivity contribution is 7.17. The molecule has 3 rings (SSSR count). The van der Waals surface area contributed by atoms with Gasteiger partial charge in [0.15, 0.2) is 0 Å². The average molecular weight is 453 g/mol. The number of hydrogen-bond acceptors (Lipinski definition) is 3. The third-order valence-electron chi connectivity index (χ3n) is 6.36. The first kappa shape index (κ1) is 24.1. The summed E-state index contributed by atoms with van der Waals surface area (Å²) in [5, 5.41) is 0. The van der Waals surface area contributed by atoms with Crippen LogP contribution in [0, 0.1) is 5.92 Å². The number of benzene rings is 1. The van der Waals surface area contributed by atoms with Crippen LogP contribution in [0.5, 0.6) is 0 Å². The number of halogens is 2. The van der Waals surface area contributed by atoms with Crippen molar-refractivity contribution in [3.05, 3.63) is 47.2 Å². The molecule has 2 atom stereocenters. The molecule has 2 aliphatic carbocycles. The van der Waals surface area contributed by atoms with Gasteiger partial charge in [0.05, 0.1) is 5.66 Å². The largest absolute Gasteiger partial charge is 0.414 e. The molecule has 2 fully saturated rings. The molecule has 0 saturated heterocycles. The minimum atomic E-state index is -2.82. The van der Waals surface area contributed by atoms with E-state index in [0.717, 1.165) is 57.6 Å². The van der Waals surface area contributed by atoms with Crippen LogP contribution in [-0.2, 0) is 4.84 Å². The van der Waals surface area contributed by atoms with E-state index in [2.05, 4.69) is 32.6 Å². The van der Waals surface area contributed by atoms with Crippen molar-refractivity contribution in [3.8, 4) is 0 Å². The van der Waals surface area contributed by atoms with Crippen molar-refractivity contribution < 1.29 is 18.4 Å². The molecule has 4 nitrogen and oxygen atoms in total. The number of carbonyl (C=O) groups excluding carboxylic acids is 1. The number of hydrogen-bond donors (Lipinski definition) is 1. The van der Waals surface area contributed by atoms with Gasteiger partial charge in [-0.15, -0.1) is 9.24 Å². The molecule has 172 valence electrons. The molecule has 0 spiro atoms. The second-order valence-electron chi connectivity index (χ2n) is 8.83. The minimum absolute atomic E-state index is 0.0249. The Kier molecular flexibility index (Phi) is 8.09. The van der Waals surface area contributed by atoms with Gasteiger partial charge in [0, 0.05) is 37.5 Å². The molecular weight excluding hydrogens is 417 g/mol. The number of nitrogens with zero attached hydrogens (tertiary/aromatic N) is 1. The van der Waals surface area contributed by atoms with E-state index in [9.17, 15) is 13.6 Å². The standard InChI is InChI=1S/C24H35F2N2O2P/c1-4-5-21(30-27-3)16-10-12-19(13-11-16)28(20-14-15-20)23(29)18-8-6-17(7-9-18)22(31)24(2,25)26/h5-9,16,19-20,22,27H,4,10-15,31H2,1-3H3/b21-5+. The first-order chi connectivity index (χ1) is 14.8. The van der Waals surface area contributed by atoms with E-state index in [-0.39, 0.29) is 11.9 Å². The van der Waals surface area contributed by atoms with Crippen LogP contribution in [0.15, 0.2) is 36.1 Å². The number of hydroxylamine groups is 1. The van der Waals surface area contributed by atoms with Gasteiger partial charge in [0.1, 0.15) is 5.76 Å². The Hall–Kier alpha value is -1.52. The van der Waals surface area contributed by atoms with Crippen LogP contribution >= 0.6 is 9.24 Å². The second kappa shape index (κ2) is 10.4. The van der Waals surface area contributed by atoms with Crippen LogP contribution in [-0.4, -0.2) is 35.9 Å². The molecular formula is C24H35F2N2O2P. The maximum Gasteiger partial charge on any atom is 0.255 e. The van der Waals surface area contributed by atoms with Crippen LogP contribution in [0.4, 0.5) is 8.78 Å². The lowest BCUT2D eigenvalue weighted by Gasteiger charge is -2.37. The highest BCUT2D eigenvalue weighted by Gasteiger charge is 2.40. The molecule has 2 saturated carbocycles. The normalized spacial score (nSPS) is 23.4. The zero-order valence-corrected chi connectivity index (χ0v) is 19.9. The first-order valence-electron chi connectivity index (χ1n) is 11.4. The molecule has 1 amide bonds. The van der Waals surface area contributed by atoms with Crippen molar-refractivity contribution in [1.29, 1.82) is 0 Å². The molecule has 1 aromatic rings. The number of alkyl halides is 2. The molecule has 31 heavy (non-hydrogen) atoms. The SMILES string of the molecule is CC/C=C(/ONC)C1CCC(N(C(=O)c2ccc(C(P)C(C)(F)F)cc2)C2CC2)CC1. The number of allylic oxidation sites excluding steroid dienone is 2. The van der Waals surface area contributed by atoms with Crippen molar-refractivity contribution in [1.82, 2.24) is 10.4 Å². The summed E-state index contributed by atoms with van der Waals surface area (Å²) in [5.41, 5.74) is 2.93. The maximum absolute atomic E-state index is 13.6. The fraction of sp³-hybridized carbons (Fsp3) is 0.625. The Balaban J connectivity index is 1.68. The first-order valence-corrected chi connectivity index (χ1v) is 12.0. The third kappa shape index (κ3) is 6.04. The second-order valence-corrected chi connectivity index (χ2v) is 9.49. The number of rotatable bonds is 9. The van der Waals surface area contributed by atoms with Gasteiger partial charge in [-0.1, -0.05) is 19.1 Å². The summed E-state index contributed by atoms with van der Waals surface area (Å²) in [6, 6.07) is 7.24. The van der Waals surface area contributed by atoms with Crippen LogP contribution in [0.1, 0.15) is 80.4 Å². The Morgan fingerprint density at radius 1 is 1.19 bits per heavy atom. The zero-order valence-electron chi connectivity index (χ0n) is 18.7. The molecule has 7 heteroatoms. The monoisotopic (exact) mass is 452 g/mol. The Morgan fingerprint density at radius 3 is 2.19 bits per heavy atom. The minimum Gasteiger partial charge on any atom is -0.414 e. The Labute approximate surface area is 186 Å². The lowest BCUT2D eigenvalue weighted by atomic mass is 9.83. The van der Waals surface area contributed by atoms with Gasteiger partial charge in [-0.3, -0.25) is 4.79 Å². The van der Waals surface area contributed by atoms with Gasteiger partial charge in [-0.25, -0.2) is 8.78 Å². The average Bonchev–Trinajstić information content (AvgIpc) is 3.58. The summed E-state index contributed by atoms with van der Waals surface area (Å²) in [4.78, 5) is 21.0.